The van der Waals surface area contributed by atoms with Gasteiger partial charge in [0.1, 0.15) is 12.9 Å². The van der Waals surface area contributed by atoms with Gasteiger partial charge in [0.05, 0.1) is 33.9 Å². The summed E-state index contributed by atoms with van der Waals surface area (Å²) in [4.78, 5) is 2.72. The van der Waals surface area contributed by atoms with Gasteiger partial charge in [-0.1, -0.05) is 24.0 Å². The maximum atomic E-state index is 13.6. The zero-order valence-corrected chi connectivity index (χ0v) is 25.7. The molecule has 3 aromatic rings. The smallest absolute Gasteiger partial charge is 0.393 e. The van der Waals surface area contributed by atoms with Gasteiger partial charge in [0.25, 0.3) is 0 Å². The topological polar surface area (TPSA) is 53.6 Å². The maximum absolute atomic E-state index is 13.6. The van der Waals surface area contributed by atoms with Crippen LogP contribution in [0, 0.1) is 11.8 Å². The number of benzene rings is 2. The molecule has 228 valence electrons. The van der Waals surface area contributed by atoms with Crippen molar-refractivity contribution in [1.82, 2.24) is 4.90 Å². The number of thiophene rings is 1. The van der Waals surface area contributed by atoms with Gasteiger partial charge in [-0.25, -0.2) is 0 Å². The van der Waals surface area contributed by atoms with Gasteiger partial charge in [-0.05, 0) is 75.2 Å². The molecule has 2 N–H and O–H groups in total. The molecule has 1 saturated heterocycles. The lowest BCUT2D eigenvalue weighted by Crippen LogP contribution is -2.42. The third-order valence-corrected chi connectivity index (χ3v) is 9.91. The van der Waals surface area contributed by atoms with Gasteiger partial charge < -0.3 is 24.8 Å². The Morgan fingerprint density at radius 1 is 1.12 bits per heavy atom. The second-order valence-electron chi connectivity index (χ2n) is 11.0. The van der Waals surface area contributed by atoms with Gasteiger partial charge in [0.2, 0.25) is 0 Å². The van der Waals surface area contributed by atoms with Gasteiger partial charge in [0, 0.05) is 30.5 Å². The Morgan fingerprint density at radius 2 is 1.83 bits per heavy atom. The summed E-state index contributed by atoms with van der Waals surface area (Å²) in [5.41, 5.74) is 1.14. The highest BCUT2D eigenvalue weighted by Crippen LogP contribution is 2.40. The zero-order valence-electron chi connectivity index (χ0n) is 23.9. The van der Waals surface area contributed by atoms with Crippen LogP contribution in [0.4, 0.5) is 33.3 Å². The third kappa shape index (κ3) is 8.40. The van der Waals surface area contributed by atoms with Crippen LogP contribution >= 0.6 is 18.5 Å². The zero-order chi connectivity index (χ0) is 30.7. The summed E-state index contributed by atoms with van der Waals surface area (Å²) in [5.74, 6) is 5.54. The van der Waals surface area contributed by atoms with Crippen LogP contribution in [0.1, 0.15) is 37.1 Å². The molecular weight excluding hydrogens is 592 g/mol. The first-order chi connectivity index (χ1) is 19.7. The highest BCUT2D eigenvalue weighted by atomic mass is 32.1. The van der Waals surface area contributed by atoms with Crippen molar-refractivity contribution in [2.75, 3.05) is 43.6 Å². The van der Waals surface area contributed by atoms with E-state index < -0.39 is 26.4 Å². The molecule has 0 atom stereocenters. The highest BCUT2D eigenvalue weighted by molar-refractivity contribution is 7.70. The molecule has 12 heteroatoms. The Balaban J connectivity index is 1.58. The molecule has 0 bridgehead atoms. The molecule has 0 saturated carbocycles. The molecule has 2 aromatic carbocycles. The largest absolute Gasteiger partial charge is 0.433 e. The van der Waals surface area contributed by atoms with E-state index in [-0.39, 0.29) is 29.6 Å². The van der Waals surface area contributed by atoms with E-state index >= 15 is 0 Å². The second kappa shape index (κ2) is 13.2. The molecule has 0 aliphatic carbocycles. The number of likely N-dealkylation sites (tertiary alicyclic amines) is 1. The Bertz CT molecular complexity index is 1500. The molecule has 5 nitrogen and oxygen atoms in total. The van der Waals surface area contributed by atoms with Crippen molar-refractivity contribution < 1.29 is 31.3 Å². The van der Waals surface area contributed by atoms with E-state index in [0.717, 1.165) is 36.3 Å². The molecule has 4 rings (SSSR count). The van der Waals surface area contributed by atoms with Crippen LogP contribution in [0.3, 0.4) is 0 Å². The number of alkyl halides is 5. The monoisotopic (exact) mass is 627 g/mol. The van der Waals surface area contributed by atoms with Crippen molar-refractivity contribution in [2.24, 2.45) is 0 Å². The van der Waals surface area contributed by atoms with Crippen molar-refractivity contribution in [3.05, 3.63) is 46.8 Å². The fraction of sp³-hybridized carbons (Fsp3) is 0.467. The lowest BCUT2D eigenvalue weighted by Gasteiger charge is -2.35. The molecule has 1 aromatic heterocycles. The predicted octanol–water partition coefficient (Wildman–Crippen LogP) is 7.60. The van der Waals surface area contributed by atoms with Gasteiger partial charge >= 0.3 is 12.8 Å². The first-order valence-corrected chi connectivity index (χ1v) is 17.1. The fourth-order valence-electron chi connectivity index (χ4n) is 4.99. The predicted molar refractivity (Wildman–Crippen MR) is 162 cm³/mol. The van der Waals surface area contributed by atoms with Crippen LogP contribution in [0.5, 0.6) is 5.75 Å². The number of halogens is 5. The van der Waals surface area contributed by atoms with Crippen LogP contribution in [0.15, 0.2) is 36.4 Å². The Morgan fingerprint density at radius 3 is 2.45 bits per heavy atom. The summed E-state index contributed by atoms with van der Waals surface area (Å²) < 4.78 is 84.5. The first kappa shape index (κ1) is 32.1. The summed E-state index contributed by atoms with van der Waals surface area (Å²) in [5, 5.41) is 7.35. The van der Waals surface area contributed by atoms with Crippen LogP contribution in [0.2, 0.25) is 0 Å². The molecule has 0 radical (unpaired) electrons. The Kier molecular flexibility index (Phi) is 10.1. The number of anilines is 2. The Labute approximate surface area is 247 Å². The van der Waals surface area contributed by atoms with Crippen LogP contribution in [-0.2, 0) is 11.0 Å². The third-order valence-electron chi connectivity index (χ3n) is 7.19. The van der Waals surface area contributed by atoms with Crippen molar-refractivity contribution >= 4 is 45.2 Å². The van der Waals surface area contributed by atoms with E-state index in [4.69, 9.17) is 0 Å². The van der Waals surface area contributed by atoms with E-state index in [9.17, 15) is 26.5 Å². The normalized spacial score (nSPS) is 15.2. The van der Waals surface area contributed by atoms with Crippen LogP contribution in [0.25, 0.3) is 10.1 Å². The summed E-state index contributed by atoms with van der Waals surface area (Å²) in [6, 6.07) is 10.4. The van der Waals surface area contributed by atoms with Crippen molar-refractivity contribution in [3.63, 3.8) is 0 Å². The molecule has 0 unspecified atom stereocenters. The molecule has 0 spiro atoms. The van der Waals surface area contributed by atoms with E-state index in [1.165, 1.54) is 36.8 Å². The lowest BCUT2D eigenvalue weighted by molar-refractivity contribution is -0.126. The van der Waals surface area contributed by atoms with E-state index in [0.29, 0.717) is 21.6 Å². The number of piperidine rings is 1. The number of fused-ring (bicyclic) bond motifs is 1. The average Bonchev–Trinajstić information content (AvgIpc) is 3.23. The molecule has 1 fully saturated rings. The summed E-state index contributed by atoms with van der Waals surface area (Å²) >= 11 is 1.22. The van der Waals surface area contributed by atoms with Gasteiger partial charge in [-0.3, -0.25) is 0 Å². The minimum atomic E-state index is -4.42. The molecule has 2 heterocycles. The first-order valence-electron chi connectivity index (χ1n) is 13.7. The number of ether oxygens (including phenoxy) is 1. The van der Waals surface area contributed by atoms with E-state index in [1.807, 2.05) is 6.07 Å². The second-order valence-corrected chi connectivity index (χ2v) is 15.2. The lowest BCUT2D eigenvalue weighted by atomic mass is 10.0. The number of hydrogen-bond donors (Lipinski definition) is 2. The van der Waals surface area contributed by atoms with Crippen molar-refractivity contribution in [3.8, 4) is 17.6 Å². The molecule has 0 amide bonds. The van der Waals surface area contributed by atoms with Gasteiger partial charge in [-0.2, -0.15) is 22.0 Å². The SMILES string of the molecule is CC(C)N1CCC(Nc2cccc3c(CC(F)(F)F)c(C#CCNc4ccc(P(C)(C)=O)cc4OC(F)F)sc23)CC1. The number of hydrogen-bond acceptors (Lipinski definition) is 6. The van der Waals surface area contributed by atoms with Gasteiger partial charge in [0.15, 0.2) is 0 Å². The van der Waals surface area contributed by atoms with Crippen LogP contribution in [-0.4, -0.2) is 62.7 Å². The van der Waals surface area contributed by atoms with E-state index in [1.54, 1.807) is 18.2 Å². The minimum absolute atomic E-state index is 0.0336. The Hall–Kier alpha value is -2.80. The standard InChI is InChI=1S/C30H35F5N3O2PS/c1-19(2)38-15-12-20(13-16-38)37-25-8-5-7-22-23(18-30(33,34)35)27(42-28(22)25)9-6-14-36-24-11-10-21(41(3,4)39)17-26(24)40-29(31)32/h5,7-8,10-11,17,19-20,29,36-37H,12-16,18H2,1-4H3. The molecule has 42 heavy (non-hydrogen) atoms. The number of nitrogens with zero attached hydrogens (tertiary/aromatic N) is 1. The van der Waals surface area contributed by atoms with Crippen molar-refractivity contribution in [2.45, 2.75) is 58.0 Å². The minimum Gasteiger partial charge on any atom is -0.433 e. The van der Waals surface area contributed by atoms with Crippen LogP contribution < -0.4 is 20.7 Å². The number of nitrogens with one attached hydrogen (secondary N) is 2. The molecule has 1 aliphatic rings. The quantitative estimate of drug-likeness (QED) is 0.145. The van der Waals surface area contributed by atoms with E-state index in [2.05, 4.69) is 46.0 Å². The summed E-state index contributed by atoms with van der Waals surface area (Å²) in [6.45, 7) is 6.18. The van der Waals surface area contributed by atoms with Gasteiger partial charge in [-0.15, -0.1) is 11.3 Å². The summed E-state index contributed by atoms with van der Waals surface area (Å²) in [7, 11) is -2.72. The summed E-state index contributed by atoms with van der Waals surface area (Å²) in [6.07, 6.45) is -3.64. The maximum Gasteiger partial charge on any atom is 0.393 e. The highest BCUT2D eigenvalue weighted by Gasteiger charge is 2.31. The molecule has 1 aliphatic heterocycles. The van der Waals surface area contributed by atoms with Crippen molar-refractivity contribution in [1.29, 1.82) is 0 Å². The number of rotatable bonds is 9. The fourth-order valence-corrected chi connectivity index (χ4v) is 7.02. The average molecular weight is 628 g/mol. The molecular formula is C30H35F5N3O2PS.